The van der Waals surface area contributed by atoms with Gasteiger partial charge in [0, 0.05) is 29.4 Å². The molecule has 0 aromatic rings. The normalized spacial score (nSPS) is 35.4. The van der Waals surface area contributed by atoms with Gasteiger partial charge in [0.2, 0.25) is 0 Å². The summed E-state index contributed by atoms with van der Waals surface area (Å²) in [7, 11) is 0. The van der Waals surface area contributed by atoms with Gasteiger partial charge < -0.3 is 4.74 Å². The zero-order valence-corrected chi connectivity index (χ0v) is 9.95. The third-order valence-electron chi connectivity index (χ3n) is 4.28. The first-order chi connectivity index (χ1) is 8.00. The number of allylic oxidation sites excluding steroid dienone is 4. The first kappa shape index (κ1) is 10.5. The molecule has 2 atom stereocenters. The molecule has 3 nitrogen and oxygen atoms in total. The molecule has 17 heavy (non-hydrogen) atoms. The molecule has 0 amide bonds. The van der Waals surface area contributed by atoms with Gasteiger partial charge in [-0.3, -0.25) is 4.79 Å². The van der Waals surface area contributed by atoms with Crippen LogP contribution in [0.1, 0.15) is 26.7 Å². The summed E-state index contributed by atoms with van der Waals surface area (Å²) in [4.78, 5) is 23.1. The number of esters is 1. The molecular formula is C14H14O3. The van der Waals surface area contributed by atoms with Gasteiger partial charge in [-0.25, -0.2) is 4.79 Å². The Labute approximate surface area is 99.8 Å². The largest absolute Gasteiger partial charge is 0.423 e. The van der Waals surface area contributed by atoms with Crippen LogP contribution in [0.3, 0.4) is 0 Å². The van der Waals surface area contributed by atoms with Crippen LogP contribution in [0.15, 0.2) is 35.1 Å². The Morgan fingerprint density at radius 3 is 2.88 bits per heavy atom. The summed E-state index contributed by atoms with van der Waals surface area (Å²) in [6, 6.07) is 0. The summed E-state index contributed by atoms with van der Waals surface area (Å²) < 4.78 is 5.13. The molecule has 0 saturated carbocycles. The van der Waals surface area contributed by atoms with Crippen LogP contribution in [-0.2, 0) is 14.3 Å². The van der Waals surface area contributed by atoms with E-state index in [-0.39, 0.29) is 23.1 Å². The first-order valence-corrected chi connectivity index (χ1v) is 5.88. The SMILES string of the molecule is C[C@H]1C(=O)CC=C2C=C3OC(=O)C=C3C[C@@]21C. The molecule has 0 aromatic heterocycles. The Morgan fingerprint density at radius 2 is 2.12 bits per heavy atom. The van der Waals surface area contributed by atoms with E-state index in [4.69, 9.17) is 4.74 Å². The molecule has 0 bridgehead atoms. The molecule has 0 spiro atoms. The van der Waals surface area contributed by atoms with Crippen molar-refractivity contribution >= 4 is 11.8 Å². The molecule has 3 heteroatoms. The van der Waals surface area contributed by atoms with E-state index in [1.54, 1.807) is 6.08 Å². The molecule has 0 unspecified atom stereocenters. The lowest BCUT2D eigenvalue weighted by Crippen LogP contribution is -2.37. The quantitative estimate of drug-likeness (QED) is 0.600. The molecule has 0 saturated heterocycles. The summed E-state index contributed by atoms with van der Waals surface area (Å²) in [5, 5.41) is 0. The summed E-state index contributed by atoms with van der Waals surface area (Å²) in [5.74, 6) is 0.643. The minimum Gasteiger partial charge on any atom is -0.423 e. The van der Waals surface area contributed by atoms with Crippen molar-refractivity contribution in [3.05, 3.63) is 35.1 Å². The van der Waals surface area contributed by atoms with Gasteiger partial charge in [0.1, 0.15) is 11.5 Å². The van der Waals surface area contributed by atoms with Crippen molar-refractivity contribution in [2.75, 3.05) is 0 Å². The highest BCUT2D eigenvalue weighted by molar-refractivity contribution is 5.90. The number of ether oxygens (including phenoxy) is 1. The Hall–Kier alpha value is -1.64. The van der Waals surface area contributed by atoms with Crippen LogP contribution < -0.4 is 0 Å². The van der Waals surface area contributed by atoms with E-state index in [2.05, 4.69) is 6.92 Å². The van der Waals surface area contributed by atoms with Gasteiger partial charge in [0.15, 0.2) is 0 Å². The number of carbonyl (C=O) groups is 2. The maximum atomic E-state index is 11.8. The van der Waals surface area contributed by atoms with E-state index in [1.165, 1.54) is 0 Å². The van der Waals surface area contributed by atoms with Crippen molar-refractivity contribution in [2.45, 2.75) is 26.7 Å². The Kier molecular flexibility index (Phi) is 1.97. The van der Waals surface area contributed by atoms with E-state index in [0.717, 1.165) is 11.1 Å². The van der Waals surface area contributed by atoms with Crippen molar-refractivity contribution in [3.63, 3.8) is 0 Å². The van der Waals surface area contributed by atoms with E-state index in [1.807, 2.05) is 19.1 Å². The molecule has 88 valence electrons. The summed E-state index contributed by atoms with van der Waals surface area (Å²) in [6.07, 6.45) is 6.63. The van der Waals surface area contributed by atoms with Crippen molar-refractivity contribution in [2.24, 2.45) is 11.3 Å². The van der Waals surface area contributed by atoms with Crippen LogP contribution in [0, 0.1) is 11.3 Å². The summed E-state index contributed by atoms with van der Waals surface area (Å²) in [6.45, 7) is 4.07. The van der Waals surface area contributed by atoms with Crippen molar-refractivity contribution in [3.8, 4) is 0 Å². The second kappa shape index (κ2) is 3.19. The Morgan fingerprint density at radius 1 is 1.35 bits per heavy atom. The van der Waals surface area contributed by atoms with Gasteiger partial charge in [-0.2, -0.15) is 0 Å². The lowest BCUT2D eigenvalue weighted by atomic mass is 9.61. The Bertz CT molecular complexity index is 522. The summed E-state index contributed by atoms with van der Waals surface area (Å²) >= 11 is 0. The number of fused-ring (bicyclic) bond motifs is 2. The molecular weight excluding hydrogens is 216 g/mol. The van der Waals surface area contributed by atoms with Crippen molar-refractivity contribution in [1.29, 1.82) is 0 Å². The lowest BCUT2D eigenvalue weighted by Gasteiger charge is -2.41. The molecule has 0 N–H and O–H groups in total. The fourth-order valence-electron chi connectivity index (χ4n) is 2.92. The molecule has 3 rings (SSSR count). The molecule has 3 aliphatic rings. The van der Waals surface area contributed by atoms with Crippen molar-refractivity contribution in [1.82, 2.24) is 0 Å². The van der Waals surface area contributed by atoms with Gasteiger partial charge >= 0.3 is 5.97 Å². The van der Waals surface area contributed by atoms with Gasteiger partial charge in [-0.1, -0.05) is 19.9 Å². The molecule has 1 aliphatic heterocycles. The fraction of sp³-hybridized carbons (Fsp3) is 0.429. The Balaban J connectivity index is 2.12. The van der Waals surface area contributed by atoms with Crippen LogP contribution in [0.5, 0.6) is 0 Å². The van der Waals surface area contributed by atoms with Crippen LogP contribution in [0.2, 0.25) is 0 Å². The number of hydrogen-bond donors (Lipinski definition) is 0. The first-order valence-electron chi connectivity index (χ1n) is 5.88. The van der Waals surface area contributed by atoms with E-state index >= 15 is 0 Å². The highest BCUT2D eigenvalue weighted by Gasteiger charge is 2.45. The maximum absolute atomic E-state index is 11.8. The van der Waals surface area contributed by atoms with Gasteiger partial charge in [-0.15, -0.1) is 0 Å². The molecule has 2 aliphatic carbocycles. The van der Waals surface area contributed by atoms with E-state index < -0.39 is 0 Å². The monoisotopic (exact) mass is 230 g/mol. The average Bonchev–Trinajstić information content (AvgIpc) is 2.61. The average molecular weight is 230 g/mol. The highest BCUT2D eigenvalue weighted by Crippen LogP contribution is 2.51. The maximum Gasteiger partial charge on any atom is 0.336 e. The van der Waals surface area contributed by atoms with Crippen LogP contribution in [0.4, 0.5) is 0 Å². The second-order valence-electron chi connectivity index (χ2n) is 5.25. The third kappa shape index (κ3) is 1.35. The smallest absolute Gasteiger partial charge is 0.336 e. The van der Waals surface area contributed by atoms with Crippen LogP contribution in [0.25, 0.3) is 0 Å². The third-order valence-corrected chi connectivity index (χ3v) is 4.28. The zero-order valence-electron chi connectivity index (χ0n) is 9.95. The molecule has 1 heterocycles. The fourth-order valence-corrected chi connectivity index (χ4v) is 2.92. The number of ketones is 1. The lowest BCUT2D eigenvalue weighted by molar-refractivity contribution is -0.132. The predicted octanol–water partition coefficient (Wildman–Crippen LogP) is 2.30. The minimum absolute atomic E-state index is 0.00287. The number of rotatable bonds is 0. The van der Waals surface area contributed by atoms with Crippen LogP contribution >= 0.6 is 0 Å². The van der Waals surface area contributed by atoms with E-state index in [9.17, 15) is 9.59 Å². The van der Waals surface area contributed by atoms with Gasteiger partial charge in [0.25, 0.3) is 0 Å². The van der Waals surface area contributed by atoms with Gasteiger partial charge in [-0.05, 0) is 18.1 Å². The highest BCUT2D eigenvalue weighted by atomic mass is 16.5. The van der Waals surface area contributed by atoms with Crippen LogP contribution in [-0.4, -0.2) is 11.8 Å². The number of Topliss-reactive ketones (excluding diaryl/α,β-unsaturated/α-hetero) is 1. The van der Waals surface area contributed by atoms with Gasteiger partial charge in [0.05, 0.1) is 0 Å². The molecule has 0 radical (unpaired) electrons. The molecule has 0 aromatic carbocycles. The second-order valence-corrected chi connectivity index (χ2v) is 5.25. The van der Waals surface area contributed by atoms with E-state index in [0.29, 0.717) is 18.6 Å². The number of hydrogen-bond acceptors (Lipinski definition) is 3. The summed E-state index contributed by atoms with van der Waals surface area (Å²) in [5.41, 5.74) is 1.88. The zero-order chi connectivity index (χ0) is 12.2. The topological polar surface area (TPSA) is 43.4 Å². The number of carbonyl (C=O) groups excluding carboxylic acids is 2. The minimum atomic E-state index is -0.298. The molecule has 0 fully saturated rings. The van der Waals surface area contributed by atoms with Crippen molar-refractivity contribution < 1.29 is 14.3 Å². The standard InChI is InChI=1S/C14H14O3/c1-8-11(15)4-3-10-6-12-9(5-13(16)17-12)7-14(8,10)2/h3,5-6,8H,4,7H2,1-2H3/t8-,14+/m0/s1. The predicted molar refractivity (Wildman–Crippen MR) is 61.9 cm³/mol.